The molecule has 1 aromatic carbocycles. The average molecular weight is 346 g/mol. The van der Waals surface area contributed by atoms with E-state index in [0.29, 0.717) is 23.2 Å². The lowest BCUT2D eigenvalue weighted by atomic mass is 10.0. The Bertz CT molecular complexity index is 700. The first-order valence-corrected chi connectivity index (χ1v) is 9.11. The molecule has 1 N–H and O–H groups in total. The van der Waals surface area contributed by atoms with Crippen LogP contribution >= 0.6 is 11.8 Å². The van der Waals surface area contributed by atoms with Gasteiger partial charge in [0.15, 0.2) is 16.7 Å². The monoisotopic (exact) mass is 346 g/mol. The number of likely N-dealkylation sites (tertiary alicyclic amines) is 1. The molecule has 6 heteroatoms. The van der Waals surface area contributed by atoms with Crippen molar-refractivity contribution in [3.05, 3.63) is 28.7 Å². The molecule has 24 heavy (non-hydrogen) atoms. The number of phenolic OH excluding ortho intramolecular Hbond substituents is 1. The van der Waals surface area contributed by atoms with Crippen LogP contribution in [0.2, 0.25) is 0 Å². The molecule has 0 saturated carbocycles. The van der Waals surface area contributed by atoms with E-state index in [1.165, 1.54) is 18.2 Å². The molecular formula is C18H22N2O3S. The minimum atomic E-state index is -0.195. The Morgan fingerprint density at radius 2 is 2.33 bits per heavy atom. The summed E-state index contributed by atoms with van der Waals surface area (Å²) in [6, 6.07) is 5.08. The third-order valence-electron chi connectivity index (χ3n) is 4.12. The summed E-state index contributed by atoms with van der Waals surface area (Å²) in [5, 5.41) is 10.6. The van der Waals surface area contributed by atoms with Crippen molar-refractivity contribution in [3.8, 4) is 11.5 Å². The number of ether oxygens (including phenoxy) is 1. The van der Waals surface area contributed by atoms with Gasteiger partial charge in [-0.05, 0) is 61.2 Å². The van der Waals surface area contributed by atoms with Gasteiger partial charge < -0.3 is 14.7 Å². The molecular weight excluding hydrogens is 324 g/mol. The van der Waals surface area contributed by atoms with Crippen LogP contribution in [0.5, 0.6) is 11.5 Å². The molecule has 0 aromatic heterocycles. The van der Waals surface area contributed by atoms with Gasteiger partial charge in [-0.1, -0.05) is 13.0 Å². The summed E-state index contributed by atoms with van der Waals surface area (Å²) in [7, 11) is 0. The minimum Gasteiger partial charge on any atom is -0.504 e. The fourth-order valence-corrected chi connectivity index (χ4v) is 3.89. The van der Waals surface area contributed by atoms with Gasteiger partial charge in [0, 0.05) is 13.1 Å². The van der Waals surface area contributed by atoms with Crippen molar-refractivity contribution in [1.82, 2.24) is 4.90 Å². The van der Waals surface area contributed by atoms with Crippen LogP contribution in [-0.2, 0) is 4.79 Å². The predicted molar refractivity (Wildman–Crippen MR) is 97.3 cm³/mol. The van der Waals surface area contributed by atoms with Crippen molar-refractivity contribution in [1.29, 1.82) is 0 Å². The number of amidine groups is 1. The molecule has 1 fully saturated rings. The van der Waals surface area contributed by atoms with E-state index in [2.05, 4.69) is 16.8 Å². The zero-order chi connectivity index (χ0) is 17.1. The van der Waals surface area contributed by atoms with Crippen molar-refractivity contribution >= 4 is 28.9 Å². The zero-order valence-corrected chi connectivity index (χ0v) is 14.8. The zero-order valence-electron chi connectivity index (χ0n) is 14.0. The summed E-state index contributed by atoms with van der Waals surface area (Å²) in [6.07, 6.45) is 4.18. The first kappa shape index (κ1) is 16.9. The third-order valence-corrected chi connectivity index (χ3v) is 5.16. The van der Waals surface area contributed by atoms with Crippen molar-refractivity contribution in [2.75, 3.05) is 19.7 Å². The second-order valence-corrected chi connectivity index (χ2v) is 7.17. The molecule has 1 saturated heterocycles. The van der Waals surface area contributed by atoms with Gasteiger partial charge in [0.2, 0.25) is 0 Å². The number of hydrogen-bond acceptors (Lipinski definition) is 5. The number of phenols is 1. The summed E-state index contributed by atoms with van der Waals surface area (Å²) < 4.78 is 5.39. The number of amides is 1. The number of aliphatic imine (C=N–C) groups is 1. The molecule has 0 radical (unpaired) electrons. The number of thioether (sulfide) groups is 1. The van der Waals surface area contributed by atoms with E-state index in [-0.39, 0.29) is 11.7 Å². The van der Waals surface area contributed by atoms with E-state index in [1.807, 2.05) is 6.92 Å². The molecule has 2 aliphatic rings. The molecule has 128 valence electrons. The van der Waals surface area contributed by atoms with Gasteiger partial charge in [-0.25, -0.2) is 0 Å². The Labute approximate surface area is 146 Å². The van der Waals surface area contributed by atoms with Gasteiger partial charge in [-0.3, -0.25) is 4.79 Å². The Morgan fingerprint density at radius 3 is 3.08 bits per heavy atom. The number of carbonyl (C=O) groups is 1. The summed E-state index contributed by atoms with van der Waals surface area (Å²) in [6.45, 7) is 6.49. The normalized spacial score (nSPS) is 22.8. The number of aromatic hydroxyl groups is 1. The highest BCUT2D eigenvalue weighted by Crippen LogP contribution is 2.34. The van der Waals surface area contributed by atoms with E-state index in [1.54, 1.807) is 24.3 Å². The summed E-state index contributed by atoms with van der Waals surface area (Å²) in [4.78, 5) is 19.2. The molecule has 1 atom stereocenters. The third kappa shape index (κ3) is 3.75. The SMILES string of the molecule is CCOc1cc(/C=C2\SC(N3CCC[C@H](C)C3)=NC2=O)ccc1O. The smallest absolute Gasteiger partial charge is 0.286 e. The van der Waals surface area contributed by atoms with E-state index < -0.39 is 0 Å². The molecule has 0 spiro atoms. The summed E-state index contributed by atoms with van der Waals surface area (Å²) in [5.74, 6) is 0.965. The number of benzene rings is 1. The van der Waals surface area contributed by atoms with Gasteiger partial charge >= 0.3 is 0 Å². The van der Waals surface area contributed by atoms with Gasteiger partial charge in [0.05, 0.1) is 11.5 Å². The maximum Gasteiger partial charge on any atom is 0.286 e. The standard InChI is InChI=1S/C18H22N2O3S/c1-3-23-15-9-13(6-7-14(15)21)10-16-17(22)19-18(24-16)20-8-4-5-12(2)11-20/h6-7,9-10,12,21H,3-5,8,11H2,1-2H3/b16-10-/t12-/m0/s1. The van der Waals surface area contributed by atoms with Crippen LogP contribution in [0.3, 0.4) is 0 Å². The molecule has 5 nitrogen and oxygen atoms in total. The maximum atomic E-state index is 12.2. The predicted octanol–water partition coefficient (Wildman–Crippen LogP) is 3.49. The van der Waals surface area contributed by atoms with Crippen molar-refractivity contribution in [3.63, 3.8) is 0 Å². The number of nitrogens with zero attached hydrogens (tertiary/aromatic N) is 2. The topological polar surface area (TPSA) is 62.1 Å². The molecule has 3 rings (SSSR count). The molecule has 2 heterocycles. The number of piperidine rings is 1. The van der Waals surface area contributed by atoms with Crippen molar-refractivity contribution in [2.45, 2.75) is 26.7 Å². The fourth-order valence-electron chi connectivity index (χ4n) is 2.94. The first-order chi connectivity index (χ1) is 11.6. The van der Waals surface area contributed by atoms with Crippen LogP contribution in [0.25, 0.3) is 6.08 Å². The second-order valence-electron chi connectivity index (χ2n) is 6.16. The molecule has 1 aromatic rings. The van der Waals surface area contributed by atoms with E-state index in [9.17, 15) is 9.90 Å². The highest BCUT2D eigenvalue weighted by molar-refractivity contribution is 8.18. The van der Waals surface area contributed by atoms with Gasteiger partial charge in [0.25, 0.3) is 5.91 Å². The van der Waals surface area contributed by atoms with Crippen LogP contribution in [0, 0.1) is 5.92 Å². The Balaban J connectivity index is 1.75. The van der Waals surface area contributed by atoms with Crippen molar-refractivity contribution < 1.29 is 14.6 Å². The molecule has 0 unspecified atom stereocenters. The lowest BCUT2D eigenvalue weighted by molar-refractivity contribution is -0.113. The number of carbonyl (C=O) groups excluding carboxylic acids is 1. The first-order valence-electron chi connectivity index (χ1n) is 8.30. The van der Waals surface area contributed by atoms with E-state index in [0.717, 1.165) is 30.2 Å². The molecule has 0 bridgehead atoms. The largest absolute Gasteiger partial charge is 0.504 e. The summed E-state index contributed by atoms with van der Waals surface area (Å²) >= 11 is 1.43. The van der Waals surface area contributed by atoms with Crippen LogP contribution < -0.4 is 4.74 Å². The molecule has 1 amide bonds. The minimum absolute atomic E-state index is 0.101. The maximum absolute atomic E-state index is 12.2. The fraction of sp³-hybridized carbons (Fsp3) is 0.444. The van der Waals surface area contributed by atoms with E-state index in [4.69, 9.17) is 4.74 Å². The lowest BCUT2D eigenvalue weighted by Crippen LogP contribution is -2.37. The highest BCUT2D eigenvalue weighted by atomic mass is 32.2. The lowest BCUT2D eigenvalue weighted by Gasteiger charge is -2.31. The van der Waals surface area contributed by atoms with Crippen LogP contribution in [0.15, 0.2) is 28.1 Å². The summed E-state index contributed by atoms with van der Waals surface area (Å²) in [5.41, 5.74) is 0.815. The van der Waals surface area contributed by atoms with Gasteiger partial charge in [-0.15, -0.1) is 0 Å². The number of rotatable bonds is 3. The Morgan fingerprint density at radius 1 is 1.50 bits per heavy atom. The highest BCUT2D eigenvalue weighted by Gasteiger charge is 2.28. The molecule has 2 aliphatic heterocycles. The Kier molecular flexibility index (Phi) is 5.14. The Hall–Kier alpha value is -1.95. The van der Waals surface area contributed by atoms with Crippen LogP contribution in [0.4, 0.5) is 0 Å². The van der Waals surface area contributed by atoms with Crippen molar-refractivity contribution in [2.24, 2.45) is 10.9 Å². The van der Waals surface area contributed by atoms with Crippen LogP contribution in [0.1, 0.15) is 32.3 Å². The molecule has 0 aliphatic carbocycles. The van der Waals surface area contributed by atoms with Gasteiger partial charge in [0.1, 0.15) is 0 Å². The van der Waals surface area contributed by atoms with Crippen LogP contribution in [-0.4, -0.2) is 40.8 Å². The average Bonchev–Trinajstić information content (AvgIpc) is 2.92. The van der Waals surface area contributed by atoms with Gasteiger partial charge in [-0.2, -0.15) is 4.99 Å². The van der Waals surface area contributed by atoms with E-state index >= 15 is 0 Å². The quantitative estimate of drug-likeness (QED) is 0.849. The number of hydrogen-bond donors (Lipinski definition) is 1. The second kappa shape index (κ2) is 7.30.